The Morgan fingerprint density at radius 1 is 1.14 bits per heavy atom. The molecule has 2 aromatic rings. The number of hydrogen-bond donors (Lipinski definition) is 2. The fourth-order valence-electron chi connectivity index (χ4n) is 3.40. The topological polar surface area (TPSA) is 87.6 Å². The van der Waals surface area contributed by atoms with Crippen molar-refractivity contribution in [1.29, 1.82) is 0 Å². The number of nitrogens with one attached hydrogen (secondary N) is 2. The lowest BCUT2D eigenvalue weighted by atomic mass is 9.74. The van der Waals surface area contributed by atoms with E-state index in [2.05, 4.69) is 27.4 Å². The normalized spacial score (nSPS) is 21.8. The van der Waals surface area contributed by atoms with E-state index < -0.39 is 15.9 Å². The Morgan fingerprint density at radius 3 is 2.75 bits per heavy atom. The van der Waals surface area contributed by atoms with E-state index in [4.69, 9.17) is 11.6 Å². The third kappa shape index (κ3) is 3.68. The molecule has 1 amide bonds. The zero-order chi connectivity index (χ0) is 19.7. The summed E-state index contributed by atoms with van der Waals surface area (Å²) in [4.78, 5) is 12.4. The largest absolute Gasteiger partial charge is 0.278 e. The molecule has 0 spiro atoms. The zero-order valence-electron chi connectivity index (χ0n) is 14.8. The lowest BCUT2D eigenvalue weighted by Gasteiger charge is -2.31. The van der Waals surface area contributed by atoms with E-state index in [1.54, 1.807) is 30.3 Å². The fourth-order valence-corrected chi connectivity index (χ4v) is 4.77. The molecule has 0 heterocycles. The van der Waals surface area contributed by atoms with Gasteiger partial charge in [-0.15, -0.1) is 0 Å². The highest BCUT2D eigenvalue weighted by Gasteiger charge is 2.38. The molecule has 0 bridgehead atoms. The summed E-state index contributed by atoms with van der Waals surface area (Å²) in [6.45, 7) is 0. The minimum atomic E-state index is -3.89. The van der Waals surface area contributed by atoms with Gasteiger partial charge in [0.05, 0.1) is 15.6 Å². The smallest absolute Gasteiger partial charge is 0.271 e. The number of allylic oxidation sites excluding steroid dienone is 2. The minimum Gasteiger partial charge on any atom is -0.278 e. The fraction of sp³-hybridized carbons (Fsp3) is 0.200. The van der Waals surface area contributed by atoms with Crippen LogP contribution in [0.2, 0.25) is 5.02 Å². The lowest BCUT2D eigenvalue weighted by Crippen LogP contribution is -2.35. The molecule has 0 aromatic heterocycles. The van der Waals surface area contributed by atoms with Crippen molar-refractivity contribution in [3.8, 4) is 0 Å². The molecule has 144 valence electrons. The summed E-state index contributed by atoms with van der Waals surface area (Å²) in [6.07, 6.45) is 6.14. The summed E-state index contributed by atoms with van der Waals surface area (Å²) >= 11 is 6.02. The van der Waals surface area contributed by atoms with E-state index in [9.17, 15) is 13.2 Å². The molecule has 2 unspecified atom stereocenters. The van der Waals surface area contributed by atoms with E-state index in [0.29, 0.717) is 11.8 Å². The number of carbonyl (C=O) groups excluding carboxylic acids is 1. The number of rotatable bonds is 5. The van der Waals surface area contributed by atoms with Gasteiger partial charge in [-0.1, -0.05) is 42.0 Å². The molecular weight excluding hydrogens is 398 g/mol. The maximum absolute atomic E-state index is 12.6. The zero-order valence-corrected chi connectivity index (χ0v) is 16.4. The van der Waals surface area contributed by atoms with Crippen LogP contribution in [0.15, 0.2) is 70.7 Å². The first-order valence-corrected chi connectivity index (χ1v) is 10.7. The number of benzene rings is 2. The van der Waals surface area contributed by atoms with Gasteiger partial charge in [0.2, 0.25) is 0 Å². The number of fused-ring (bicyclic) bond motifs is 1. The molecule has 4 rings (SSSR count). The first-order valence-electron chi connectivity index (χ1n) is 8.85. The average Bonchev–Trinajstić information content (AvgIpc) is 3.04. The van der Waals surface area contributed by atoms with Crippen molar-refractivity contribution in [2.24, 2.45) is 16.9 Å². The summed E-state index contributed by atoms with van der Waals surface area (Å²) in [5.74, 6) is 0.489. The summed E-state index contributed by atoms with van der Waals surface area (Å²) in [6, 6.07) is 12.3. The van der Waals surface area contributed by atoms with Crippen LogP contribution in [0, 0.1) is 11.8 Å². The number of carbonyl (C=O) groups is 1. The molecule has 2 aromatic carbocycles. The number of nitrogens with zero attached hydrogens (tertiary/aromatic N) is 1. The summed E-state index contributed by atoms with van der Waals surface area (Å²) in [5.41, 5.74) is 4.00. The van der Waals surface area contributed by atoms with E-state index in [1.165, 1.54) is 18.2 Å². The first-order chi connectivity index (χ1) is 13.4. The first kappa shape index (κ1) is 18.7. The highest BCUT2D eigenvalue weighted by Crippen LogP contribution is 2.40. The molecule has 2 aliphatic carbocycles. The number of anilines is 1. The predicted molar refractivity (Wildman–Crippen MR) is 109 cm³/mol. The van der Waals surface area contributed by atoms with Crippen LogP contribution < -0.4 is 10.1 Å². The molecule has 1 saturated carbocycles. The van der Waals surface area contributed by atoms with Gasteiger partial charge in [0.15, 0.2) is 0 Å². The predicted octanol–water partition coefficient (Wildman–Crippen LogP) is 3.82. The third-order valence-electron chi connectivity index (χ3n) is 4.99. The van der Waals surface area contributed by atoms with Crippen molar-refractivity contribution in [2.75, 3.05) is 4.72 Å². The molecule has 6 nitrogen and oxygen atoms in total. The van der Waals surface area contributed by atoms with Crippen molar-refractivity contribution in [3.05, 3.63) is 71.3 Å². The number of hydrazone groups is 1. The summed E-state index contributed by atoms with van der Waals surface area (Å²) in [7, 11) is -3.89. The Bertz CT molecular complexity index is 1100. The standard InChI is InChI=1S/C20H18ClN3O3S/c21-17-9-1-2-10-18(17)24-28(26,27)15-7-3-6-14(11-15)20(25)23-22-19-12-13-5-4-8-16(13)19/h1-7,9-11,13,16,24H,8,12H2,(H,23,25)/b22-19+. The van der Waals surface area contributed by atoms with Gasteiger partial charge in [-0.3, -0.25) is 9.52 Å². The Kier molecular flexibility index (Phi) is 4.95. The molecule has 28 heavy (non-hydrogen) atoms. The van der Waals surface area contributed by atoms with Crippen LogP contribution in [0.1, 0.15) is 23.2 Å². The van der Waals surface area contributed by atoms with E-state index in [1.807, 2.05) is 0 Å². The number of halogens is 1. The van der Waals surface area contributed by atoms with Gasteiger partial charge in [-0.05, 0) is 49.1 Å². The Labute approximate surface area is 168 Å². The molecule has 2 N–H and O–H groups in total. The Balaban J connectivity index is 1.48. The van der Waals surface area contributed by atoms with Crippen LogP contribution in [0.5, 0.6) is 0 Å². The second-order valence-electron chi connectivity index (χ2n) is 6.80. The molecule has 0 aliphatic heterocycles. The maximum atomic E-state index is 12.6. The number of amides is 1. The molecule has 0 saturated heterocycles. The number of para-hydroxylation sites is 1. The van der Waals surface area contributed by atoms with Crippen molar-refractivity contribution < 1.29 is 13.2 Å². The molecule has 2 aliphatic rings. The Hall–Kier alpha value is -2.64. The lowest BCUT2D eigenvalue weighted by molar-refractivity contribution is 0.0953. The van der Waals surface area contributed by atoms with Gasteiger partial charge in [0, 0.05) is 17.2 Å². The van der Waals surface area contributed by atoms with Crippen LogP contribution in [-0.2, 0) is 10.0 Å². The quantitative estimate of drug-likeness (QED) is 0.574. The van der Waals surface area contributed by atoms with Crippen LogP contribution in [0.25, 0.3) is 0 Å². The van der Waals surface area contributed by atoms with Gasteiger partial charge >= 0.3 is 0 Å². The van der Waals surface area contributed by atoms with Crippen molar-refractivity contribution in [1.82, 2.24) is 5.43 Å². The van der Waals surface area contributed by atoms with E-state index >= 15 is 0 Å². The molecule has 0 radical (unpaired) electrons. The summed E-state index contributed by atoms with van der Waals surface area (Å²) in [5, 5.41) is 4.50. The Morgan fingerprint density at radius 2 is 1.96 bits per heavy atom. The van der Waals surface area contributed by atoms with Crippen LogP contribution in [0.4, 0.5) is 5.69 Å². The highest BCUT2D eigenvalue weighted by molar-refractivity contribution is 7.92. The van der Waals surface area contributed by atoms with E-state index in [0.717, 1.165) is 18.6 Å². The van der Waals surface area contributed by atoms with Gasteiger partial charge in [-0.2, -0.15) is 5.10 Å². The van der Waals surface area contributed by atoms with Crippen molar-refractivity contribution in [3.63, 3.8) is 0 Å². The minimum absolute atomic E-state index is 0.0311. The second kappa shape index (κ2) is 7.41. The highest BCUT2D eigenvalue weighted by atomic mass is 35.5. The van der Waals surface area contributed by atoms with Gasteiger partial charge in [-0.25, -0.2) is 13.8 Å². The van der Waals surface area contributed by atoms with Crippen LogP contribution in [0.3, 0.4) is 0 Å². The van der Waals surface area contributed by atoms with Crippen LogP contribution >= 0.6 is 11.6 Å². The molecular formula is C20H18ClN3O3S. The number of hydrogen-bond acceptors (Lipinski definition) is 4. The van der Waals surface area contributed by atoms with Gasteiger partial charge in [0.25, 0.3) is 15.9 Å². The SMILES string of the molecule is O=C(N/N=C1\CC2C=CCC12)c1cccc(S(=O)(=O)Nc2ccccc2Cl)c1. The molecule has 2 atom stereocenters. The van der Waals surface area contributed by atoms with Crippen molar-refractivity contribution in [2.45, 2.75) is 17.7 Å². The summed E-state index contributed by atoms with van der Waals surface area (Å²) < 4.78 is 27.7. The van der Waals surface area contributed by atoms with Crippen molar-refractivity contribution >= 4 is 38.9 Å². The number of sulfonamides is 1. The van der Waals surface area contributed by atoms with Gasteiger partial charge in [0.1, 0.15) is 0 Å². The molecule has 8 heteroatoms. The molecule has 1 fully saturated rings. The van der Waals surface area contributed by atoms with Crippen LogP contribution in [-0.4, -0.2) is 20.0 Å². The monoisotopic (exact) mass is 415 g/mol. The van der Waals surface area contributed by atoms with Gasteiger partial charge < -0.3 is 0 Å². The van der Waals surface area contributed by atoms with E-state index in [-0.39, 0.29) is 21.2 Å². The maximum Gasteiger partial charge on any atom is 0.271 e. The average molecular weight is 416 g/mol. The third-order valence-corrected chi connectivity index (χ3v) is 6.68. The second-order valence-corrected chi connectivity index (χ2v) is 8.89.